The average molecular weight is 665 g/mol. The van der Waals surface area contributed by atoms with E-state index in [-0.39, 0.29) is 23.3 Å². The van der Waals surface area contributed by atoms with Crippen LogP contribution < -0.4 is 5.56 Å². The molecule has 0 aliphatic carbocycles. The maximum absolute atomic E-state index is 13.6. The summed E-state index contributed by atoms with van der Waals surface area (Å²) in [5.74, 6) is 0.378. The number of fused-ring (bicyclic) bond motifs is 2. The molecule has 0 radical (unpaired) electrons. The van der Waals surface area contributed by atoms with Crippen molar-refractivity contribution in [2.75, 3.05) is 19.6 Å². The van der Waals surface area contributed by atoms with Crippen LogP contribution in [0.25, 0.3) is 11.0 Å². The number of hydrogen-bond acceptors (Lipinski definition) is 7. The van der Waals surface area contributed by atoms with Gasteiger partial charge in [0.2, 0.25) is 0 Å². The highest BCUT2D eigenvalue weighted by molar-refractivity contribution is 5.79. The van der Waals surface area contributed by atoms with Gasteiger partial charge in [-0.15, -0.1) is 0 Å². The molecule has 264 valence electrons. The van der Waals surface area contributed by atoms with Crippen molar-refractivity contribution in [3.8, 4) is 0 Å². The van der Waals surface area contributed by atoms with Crippen molar-refractivity contribution in [3.05, 3.63) is 57.1 Å². The molecule has 0 bridgehead atoms. The Morgan fingerprint density at radius 1 is 0.938 bits per heavy atom. The Hall–Kier alpha value is -3.07. The number of likely N-dealkylation sites (tertiary alicyclic amines) is 1. The van der Waals surface area contributed by atoms with Crippen LogP contribution in [0.4, 0.5) is 4.39 Å². The number of esters is 1. The molecular weight excluding hydrogens is 607 g/mol. The van der Waals surface area contributed by atoms with Gasteiger partial charge in [-0.1, -0.05) is 89.1 Å². The van der Waals surface area contributed by atoms with Crippen LogP contribution in [0.1, 0.15) is 157 Å². The number of aromatic nitrogens is 3. The summed E-state index contributed by atoms with van der Waals surface area (Å²) in [7, 11) is 0. The van der Waals surface area contributed by atoms with E-state index in [0.717, 1.165) is 74.1 Å². The monoisotopic (exact) mass is 664 g/mol. The van der Waals surface area contributed by atoms with Crippen molar-refractivity contribution in [2.24, 2.45) is 0 Å². The van der Waals surface area contributed by atoms with Crippen LogP contribution in [-0.2, 0) is 22.5 Å². The lowest BCUT2D eigenvalue weighted by Gasteiger charge is -2.31. The predicted molar refractivity (Wildman–Crippen MR) is 188 cm³/mol. The van der Waals surface area contributed by atoms with Gasteiger partial charge in [0, 0.05) is 48.1 Å². The zero-order valence-electron chi connectivity index (χ0n) is 29.5. The fourth-order valence-corrected chi connectivity index (χ4v) is 7.58. The van der Waals surface area contributed by atoms with E-state index >= 15 is 0 Å². The first-order chi connectivity index (χ1) is 23.4. The normalized spacial score (nSPS) is 17.2. The van der Waals surface area contributed by atoms with Crippen molar-refractivity contribution >= 4 is 16.9 Å². The lowest BCUT2D eigenvalue weighted by molar-refractivity contribution is -0.151. The van der Waals surface area contributed by atoms with Crippen LogP contribution in [-0.4, -0.2) is 45.2 Å². The Morgan fingerprint density at radius 2 is 1.60 bits per heavy atom. The van der Waals surface area contributed by atoms with Crippen LogP contribution in [0.3, 0.4) is 0 Å². The number of nitrogens with zero attached hydrogens (tertiary/aromatic N) is 4. The number of unbranched alkanes of at least 4 members (excludes halogenated alkanes) is 12. The second-order valence-corrected chi connectivity index (χ2v) is 14.2. The summed E-state index contributed by atoms with van der Waals surface area (Å²) in [6, 6.07) is 4.61. The van der Waals surface area contributed by atoms with Crippen molar-refractivity contribution in [1.29, 1.82) is 0 Å². The molecule has 8 nitrogen and oxygen atoms in total. The molecule has 0 amide bonds. The number of halogens is 1. The number of rotatable bonds is 19. The molecule has 1 saturated heterocycles. The van der Waals surface area contributed by atoms with E-state index in [9.17, 15) is 14.0 Å². The number of hydrogen-bond donors (Lipinski definition) is 0. The van der Waals surface area contributed by atoms with Crippen LogP contribution in [0.5, 0.6) is 0 Å². The fraction of sp³-hybridized carbons (Fsp3) is 0.692. The molecule has 2 aliphatic rings. The van der Waals surface area contributed by atoms with Gasteiger partial charge in [0.25, 0.3) is 5.56 Å². The van der Waals surface area contributed by atoms with Gasteiger partial charge in [0.05, 0.1) is 5.69 Å². The van der Waals surface area contributed by atoms with E-state index in [0.29, 0.717) is 37.2 Å². The Balaban J connectivity index is 1.02. The van der Waals surface area contributed by atoms with Crippen LogP contribution in [0.2, 0.25) is 0 Å². The summed E-state index contributed by atoms with van der Waals surface area (Å²) in [6.45, 7) is 7.37. The SMILES string of the molecule is CCCCCCCCCCCCCCCC(=O)OC1CCCn2c1nc(C)c(CCN1CCC(c3noc4cc(F)ccc34)CC1)c2=O. The number of benzene rings is 1. The maximum Gasteiger partial charge on any atom is 0.306 e. The third-order valence-electron chi connectivity index (χ3n) is 10.5. The van der Waals surface area contributed by atoms with Crippen molar-refractivity contribution in [1.82, 2.24) is 19.6 Å². The van der Waals surface area contributed by atoms with Gasteiger partial charge < -0.3 is 14.2 Å². The molecule has 0 spiro atoms. The van der Waals surface area contributed by atoms with Crippen molar-refractivity contribution in [3.63, 3.8) is 0 Å². The minimum atomic E-state index is -0.447. The number of carbonyl (C=O) groups is 1. The maximum atomic E-state index is 13.6. The molecule has 5 rings (SSSR count). The van der Waals surface area contributed by atoms with Gasteiger partial charge in [-0.05, 0) is 70.7 Å². The minimum Gasteiger partial charge on any atom is -0.454 e. The smallest absolute Gasteiger partial charge is 0.306 e. The molecule has 1 aromatic carbocycles. The van der Waals surface area contributed by atoms with E-state index in [1.54, 1.807) is 10.6 Å². The van der Waals surface area contributed by atoms with Gasteiger partial charge in [-0.2, -0.15) is 0 Å². The molecule has 1 fully saturated rings. The lowest BCUT2D eigenvalue weighted by Crippen LogP contribution is -2.38. The molecule has 1 unspecified atom stereocenters. The fourth-order valence-electron chi connectivity index (χ4n) is 7.58. The summed E-state index contributed by atoms with van der Waals surface area (Å²) in [5.41, 5.74) is 2.91. The number of ether oxygens (including phenoxy) is 1. The van der Waals surface area contributed by atoms with Gasteiger partial charge >= 0.3 is 5.97 Å². The molecule has 1 atom stereocenters. The van der Waals surface area contributed by atoms with E-state index in [2.05, 4.69) is 17.0 Å². The Morgan fingerprint density at radius 3 is 2.29 bits per heavy atom. The first-order valence-electron chi connectivity index (χ1n) is 19.0. The number of carbonyl (C=O) groups excluding carboxylic acids is 1. The van der Waals surface area contributed by atoms with Crippen molar-refractivity contribution < 1.29 is 18.4 Å². The summed E-state index contributed by atoms with van der Waals surface area (Å²) >= 11 is 0. The van der Waals surface area contributed by atoms with E-state index in [1.165, 1.54) is 82.8 Å². The quantitative estimate of drug-likeness (QED) is 0.0933. The largest absolute Gasteiger partial charge is 0.454 e. The second kappa shape index (κ2) is 18.6. The Kier molecular flexibility index (Phi) is 14.1. The summed E-state index contributed by atoms with van der Waals surface area (Å²) in [6.07, 6.45) is 20.5. The predicted octanol–water partition coefficient (Wildman–Crippen LogP) is 9.11. The zero-order chi connectivity index (χ0) is 33.7. The van der Waals surface area contributed by atoms with Crippen LogP contribution in [0, 0.1) is 12.7 Å². The Bertz CT molecular complexity index is 1510. The molecule has 48 heavy (non-hydrogen) atoms. The minimum absolute atomic E-state index is 0.00549. The molecule has 3 aromatic rings. The topological polar surface area (TPSA) is 90.5 Å². The summed E-state index contributed by atoms with van der Waals surface area (Å²) < 4.78 is 26.6. The molecule has 2 aromatic heterocycles. The van der Waals surface area contributed by atoms with Gasteiger partial charge in [-0.3, -0.25) is 14.2 Å². The molecule has 2 aliphatic heterocycles. The molecule has 0 N–H and O–H groups in total. The highest BCUT2D eigenvalue weighted by atomic mass is 19.1. The third-order valence-corrected chi connectivity index (χ3v) is 10.5. The highest BCUT2D eigenvalue weighted by Crippen LogP contribution is 2.33. The summed E-state index contributed by atoms with van der Waals surface area (Å²) in [4.78, 5) is 33.6. The Labute approximate surface area is 285 Å². The first-order valence-corrected chi connectivity index (χ1v) is 19.0. The number of piperidine rings is 1. The molecule has 9 heteroatoms. The molecule has 4 heterocycles. The van der Waals surface area contributed by atoms with E-state index in [4.69, 9.17) is 14.2 Å². The third kappa shape index (κ3) is 9.99. The molecular formula is C39H57FN4O4. The highest BCUT2D eigenvalue weighted by Gasteiger charge is 2.29. The average Bonchev–Trinajstić information content (AvgIpc) is 3.50. The zero-order valence-corrected chi connectivity index (χ0v) is 29.5. The van der Waals surface area contributed by atoms with Gasteiger partial charge in [0.1, 0.15) is 5.82 Å². The van der Waals surface area contributed by atoms with E-state index < -0.39 is 6.10 Å². The van der Waals surface area contributed by atoms with Crippen LogP contribution >= 0.6 is 0 Å². The first kappa shape index (κ1) is 36.2. The lowest BCUT2D eigenvalue weighted by atomic mass is 9.91. The standard InChI is InChI=1S/C39H57FN4O4/c1-3-4-5-6-7-8-9-10-11-12-13-14-15-18-36(45)47-34-17-16-24-44-38(34)41-29(2)32(39(44)46)23-27-43-25-21-30(22-26-43)37-33-20-19-31(40)28-35(33)48-42-37/h19-20,28,30,34H,3-18,21-27H2,1-2H3. The van der Waals surface area contributed by atoms with E-state index in [1.807, 2.05) is 6.92 Å². The van der Waals surface area contributed by atoms with Gasteiger partial charge in [0.15, 0.2) is 17.5 Å². The van der Waals surface area contributed by atoms with Crippen molar-refractivity contribution in [2.45, 2.75) is 154 Å². The second-order valence-electron chi connectivity index (χ2n) is 14.2. The molecule has 0 saturated carbocycles. The number of aryl methyl sites for hydroxylation is 1. The summed E-state index contributed by atoms with van der Waals surface area (Å²) in [5, 5.41) is 5.16. The van der Waals surface area contributed by atoms with Gasteiger partial charge in [-0.25, -0.2) is 9.37 Å². The van der Waals surface area contributed by atoms with Crippen LogP contribution in [0.15, 0.2) is 27.5 Å².